The molecule has 1 aromatic heterocycles. The number of hydrogen-bond acceptors (Lipinski definition) is 3. The Morgan fingerprint density at radius 2 is 1.02 bits per heavy atom. The maximum atomic E-state index is 7.74. The van der Waals surface area contributed by atoms with Gasteiger partial charge in [0.25, 0.3) is 6.71 Å². The zero-order chi connectivity index (χ0) is 45.3. The van der Waals surface area contributed by atoms with Crippen molar-refractivity contribution < 1.29 is 4.42 Å². The van der Waals surface area contributed by atoms with Crippen molar-refractivity contribution in [1.82, 2.24) is 0 Å². The molecule has 0 spiro atoms. The van der Waals surface area contributed by atoms with Gasteiger partial charge in [-0.25, -0.2) is 0 Å². The first-order chi connectivity index (χ1) is 30.0. The molecule has 5 aliphatic rings. The monoisotopic (exact) mass is 845 g/mol. The predicted octanol–water partition coefficient (Wildman–Crippen LogP) is 14.7. The number of fused-ring (bicyclic) bond motifs is 8. The van der Waals surface area contributed by atoms with Gasteiger partial charge < -0.3 is 9.32 Å². The van der Waals surface area contributed by atoms with Crippen molar-refractivity contribution in [2.24, 2.45) is 0 Å². The second-order valence-corrected chi connectivity index (χ2v) is 24.7. The molecule has 11 rings (SSSR count). The third kappa shape index (κ3) is 5.92. The smallest absolute Gasteiger partial charge is 0.256 e. The first-order valence-corrected chi connectivity index (χ1v) is 24.4. The number of anilines is 6. The Morgan fingerprint density at radius 3 is 1.67 bits per heavy atom. The van der Waals surface area contributed by atoms with Crippen LogP contribution in [-0.2, 0) is 32.5 Å². The molecule has 0 bridgehead atoms. The van der Waals surface area contributed by atoms with Gasteiger partial charge in [0.05, 0.1) is 5.69 Å². The zero-order valence-electron chi connectivity index (χ0n) is 41.3. The fourth-order valence-electron chi connectivity index (χ4n) is 13.0. The minimum Gasteiger partial charge on any atom is -0.444 e. The molecule has 0 amide bonds. The molecule has 2 aliphatic heterocycles. The van der Waals surface area contributed by atoms with E-state index in [2.05, 4.69) is 198 Å². The average Bonchev–Trinajstić information content (AvgIpc) is 3.66. The molecule has 0 atom stereocenters. The van der Waals surface area contributed by atoms with E-state index < -0.39 is 0 Å². The fourth-order valence-corrected chi connectivity index (χ4v) is 13.0. The van der Waals surface area contributed by atoms with Crippen LogP contribution in [0.2, 0.25) is 0 Å². The van der Waals surface area contributed by atoms with E-state index in [-0.39, 0.29) is 39.2 Å². The number of furan rings is 1. The molecule has 0 saturated carbocycles. The van der Waals surface area contributed by atoms with Crippen molar-refractivity contribution in [3.8, 4) is 11.1 Å². The van der Waals surface area contributed by atoms with E-state index in [0.29, 0.717) is 0 Å². The third-order valence-corrected chi connectivity index (χ3v) is 17.3. The molecule has 0 fully saturated rings. The standard InChI is InChI=1S/C60H69BN2O/c1-36-20-23-46-45(30-36)61-51-48(62(46)39-21-22-41-42(33-39)56(5,6)25-24-55(41,3)4)31-37(2)32-49(51)63(54-52(61)50-53(64-54)60(13,14)29-28-59(50,11)12)47-35-44-43(57(7,8)26-27-58(44,9)10)34-40(47)38-18-16-15-17-19-38/h15-23,30-35H,24-29H2,1-14H3. The lowest BCUT2D eigenvalue weighted by Crippen LogP contribution is -2.62. The molecule has 64 heavy (non-hydrogen) atoms. The van der Waals surface area contributed by atoms with Crippen LogP contribution in [0, 0.1) is 13.8 Å². The van der Waals surface area contributed by atoms with Crippen LogP contribution in [0.25, 0.3) is 11.1 Å². The van der Waals surface area contributed by atoms with E-state index in [9.17, 15) is 0 Å². The Morgan fingerprint density at radius 1 is 0.453 bits per heavy atom. The first kappa shape index (κ1) is 41.7. The van der Waals surface area contributed by atoms with Crippen LogP contribution in [0.4, 0.5) is 34.3 Å². The largest absolute Gasteiger partial charge is 0.444 e. The quantitative estimate of drug-likeness (QED) is 0.165. The Bertz CT molecular complexity index is 2940. The van der Waals surface area contributed by atoms with E-state index in [1.54, 1.807) is 0 Å². The van der Waals surface area contributed by atoms with E-state index in [1.807, 2.05) is 0 Å². The number of hydrogen-bond donors (Lipinski definition) is 0. The fraction of sp³-hybridized carbons (Fsp3) is 0.433. The summed E-state index contributed by atoms with van der Waals surface area (Å²) in [5, 5.41) is 0. The second-order valence-electron chi connectivity index (χ2n) is 24.7. The molecule has 0 saturated heterocycles. The van der Waals surface area contributed by atoms with Crippen molar-refractivity contribution in [3.05, 3.63) is 136 Å². The van der Waals surface area contributed by atoms with Crippen molar-refractivity contribution in [2.75, 3.05) is 9.80 Å². The van der Waals surface area contributed by atoms with Gasteiger partial charge in [0, 0.05) is 33.7 Å². The lowest BCUT2D eigenvalue weighted by atomic mass is 9.32. The Hall–Kier alpha value is -4.96. The predicted molar refractivity (Wildman–Crippen MR) is 273 cm³/mol. The topological polar surface area (TPSA) is 19.6 Å². The van der Waals surface area contributed by atoms with Gasteiger partial charge in [-0.1, -0.05) is 137 Å². The summed E-state index contributed by atoms with van der Waals surface area (Å²) < 4.78 is 7.74. The van der Waals surface area contributed by atoms with E-state index in [1.165, 1.54) is 120 Å². The molecule has 5 aromatic carbocycles. The summed E-state index contributed by atoms with van der Waals surface area (Å²) in [6, 6.07) is 36.0. The summed E-state index contributed by atoms with van der Waals surface area (Å²) in [5.74, 6) is 2.17. The summed E-state index contributed by atoms with van der Waals surface area (Å²) in [6.45, 7) is 34.0. The van der Waals surface area contributed by atoms with Gasteiger partial charge in [0.1, 0.15) is 5.76 Å². The van der Waals surface area contributed by atoms with E-state index in [4.69, 9.17) is 4.42 Å². The summed E-state index contributed by atoms with van der Waals surface area (Å²) in [6.07, 6.45) is 6.92. The number of rotatable bonds is 3. The summed E-state index contributed by atoms with van der Waals surface area (Å²) in [4.78, 5) is 5.25. The number of aryl methyl sites for hydroxylation is 2. The molecular formula is C60H69BN2O. The molecule has 0 N–H and O–H groups in total. The molecule has 3 nitrogen and oxygen atoms in total. The van der Waals surface area contributed by atoms with E-state index in [0.717, 1.165) is 25.1 Å². The van der Waals surface area contributed by atoms with Gasteiger partial charge in [-0.2, -0.15) is 0 Å². The highest BCUT2D eigenvalue weighted by Crippen LogP contribution is 2.56. The normalized spacial score (nSPS) is 20.9. The molecule has 4 heteroatoms. The lowest BCUT2D eigenvalue weighted by Gasteiger charge is -2.46. The average molecular weight is 845 g/mol. The number of benzene rings is 5. The molecule has 0 radical (unpaired) electrons. The number of nitrogens with zero attached hydrogens (tertiary/aromatic N) is 2. The Balaban J connectivity index is 1.28. The Kier molecular flexibility index (Phi) is 8.69. The molecule has 328 valence electrons. The van der Waals surface area contributed by atoms with E-state index >= 15 is 0 Å². The van der Waals surface area contributed by atoms with Crippen LogP contribution in [0.5, 0.6) is 0 Å². The van der Waals surface area contributed by atoms with Gasteiger partial charge in [-0.3, -0.25) is 4.90 Å². The van der Waals surface area contributed by atoms with Gasteiger partial charge in [-0.05, 0) is 177 Å². The first-order valence-electron chi connectivity index (χ1n) is 24.4. The van der Waals surface area contributed by atoms with Crippen LogP contribution in [-0.4, -0.2) is 6.71 Å². The molecule has 6 aromatic rings. The molecule has 0 unspecified atom stereocenters. The van der Waals surface area contributed by atoms with Crippen molar-refractivity contribution in [2.45, 2.75) is 168 Å². The maximum Gasteiger partial charge on any atom is 0.256 e. The minimum atomic E-state index is -0.108. The van der Waals surface area contributed by atoms with Crippen molar-refractivity contribution in [1.29, 1.82) is 0 Å². The zero-order valence-corrected chi connectivity index (χ0v) is 41.3. The summed E-state index contributed by atoms with van der Waals surface area (Å²) in [7, 11) is 0. The molecule has 3 aliphatic carbocycles. The SMILES string of the molecule is Cc1ccc2c(c1)B1c3c(cc(C)cc3N(c3cc4c(cc3-c3ccccc3)C(C)(C)CCC4(C)C)c3oc4c(c31)C(C)(C)CCC4(C)C)N2c1ccc2c(c1)C(C)(C)CCC2(C)C. The highest BCUT2D eigenvalue weighted by atomic mass is 16.4. The van der Waals surface area contributed by atoms with Gasteiger partial charge in [0.2, 0.25) is 0 Å². The summed E-state index contributed by atoms with van der Waals surface area (Å²) >= 11 is 0. The lowest BCUT2D eigenvalue weighted by molar-refractivity contribution is 0.280. The Labute approximate surface area is 384 Å². The highest BCUT2D eigenvalue weighted by molar-refractivity contribution is 7.00. The molecule has 3 heterocycles. The van der Waals surface area contributed by atoms with Gasteiger partial charge in [-0.15, -0.1) is 0 Å². The minimum absolute atomic E-state index is 0.00449. The second kappa shape index (κ2) is 13.3. The van der Waals surface area contributed by atoms with Crippen molar-refractivity contribution in [3.63, 3.8) is 0 Å². The molecular weight excluding hydrogens is 775 g/mol. The maximum absolute atomic E-state index is 7.74. The van der Waals surface area contributed by atoms with Gasteiger partial charge >= 0.3 is 0 Å². The highest BCUT2D eigenvalue weighted by Gasteiger charge is 2.53. The van der Waals surface area contributed by atoms with Gasteiger partial charge in [0.15, 0.2) is 5.88 Å². The van der Waals surface area contributed by atoms with Crippen LogP contribution in [0.3, 0.4) is 0 Å². The summed E-state index contributed by atoms with van der Waals surface area (Å²) in [5.41, 5.74) is 22.9. The third-order valence-electron chi connectivity index (χ3n) is 17.3. The van der Waals surface area contributed by atoms with Crippen LogP contribution >= 0.6 is 0 Å². The van der Waals surface area contributed by atoms with Crippen LogP contribution < -0.4 is 26.2 Å². The van der Waals surface area contributed by atoms with Crippen molar-refractivity contribution >= 4 is 57.4 Å². The van der Waals surface area contributed by atoms with Crippen LogP contribution in [0.1, 0.15) is 166 Å². The van der Waals surface area contributed by atoms with Crippen LogP contribution in [0.15, 0.2) is 95.4 Å².